The summed E-state index contributed by atoms with van der Waals surface area (Å²) in [6, 6.07) is 0. The Morgan fingerprint density at radius 3 is 2.68 bits per heavy atom. The molecule has 3 fully saturated rings. The van der Waals surface area contributed by atoms with Crippen LogP contribution in [0.25, 0.3) is 0 Å². The highest BCUT2D eigenvalue weighted by molar-refractivity contribution is 5.91. The van der Waals surface area contributed by atoms with E-state index in [-0.39, 0.29) is 11.7 Å². The number of carbonyl (C=O) groups is 1. The molecule has 1 spiro atoms. The molecular weight excluding hydrogens is 238 g/mol. The summed E-state index contributed by atoms with van der Waals surface area (Å²) in [6.45, 7) is 11.1. The summed E-state index contributed by atoms with van der Waals surface area (Å²) in [7, 11) is 0. The maximum Gasteiger partial charge on any atom is 0.244 e. The molecule has 3 rings (SSSR count). The summed E-state index contributed by atoms with van der Waals surface area (Å²) in [4.78, 5) is 17.2. The second kappa shape index (κ2) is 4.74. The number of nitrogens with one attached hydrogen (secondary N) is 1. The van der Waals surface area contributed by atoms with E-state index in [0.717, 1.165) is 32.5 Å². The minimum absolute atomic E-state index is 0.155. The van der Waals surface area contributed by atoms with Crippen LogP contribution in [0.15, 0.2) is 0 Å². The normalized spacial score (nSPS) is 33.9. The summed E-state index contributed by atoms with van der Waals surface area (Å²) in [5.41, 5.74) is -0.155. The highest BCUT2D eigenvalue weighted by Gasteiger charge is 2.59. The molecule has 0 radical (unpaired) electrons. The Hall–Kier alpha value is -0.610. The third kappa shape index (κ3) is 2.29. The fourth-order valence-corrected chi connectivity index (χ4v) is 3.66. The Morgan fingerprint density at radius 2 is 2.16 bits per heavy atom. The molecule has 2 aliphatic heterocycles. The zero-order valence-corrected chi connectivity index (χ0v) is 12.5. The molecule has 2 atom stereocenters. The molecule has 0 aromatic heterocycles. The average molecular weight is 265 g/mol. The van der Waals surface area contributed by atoms with Gasteiger partial charge in [-0.05, 0) is 44.2 Å². The van der Waals surface area contributed by atoms with E-state index in [1.165, 1.54) is 13.0 Å². The van der Waals surface area contributed by atoms with Crippen LogP contribution in [0.4, 0.5) is 0 Å². The van der Waals surface area contributed by atoms with Gasteiger partial charge in [0.15, 0.2) is 0 Å². The third-order valence-corrected chi connectivity index (χ3v) is 5.08. The Balaban J connectivity index is 1.66. The molecule has 2 unspecified atom stereocenters. The Labute approximate surface area is 116 Å². The van der Waals surface area contributed by atoms with Crippen LogP contribution in [0.5, 0.6) is 0 Å². The highest BCUT2D eigenvalue weighted by Crippen LogP contribution is 2.43. The van der Waals surface area contributed by atoms with Crippen LogP contribution in [0.1, 0.15) is 40.0 Å². The summed E-state index contributed by atoms with van der Waals surface area (Å²) in [5, 5.41) is 3.60. The van der Waals surface area contributed by atoms with Crippen molar-refractivity contribution < 1.29 is 4.79 Å². The standard InChI is InChI=1S/C15H27N3O/c1-4-17-8-5-12(9-17)10-18-13(11(2)3)16-15(6-7-15)14(18)19/h11-13,16H,4-10H2,1-3H3. The highest BCUT2D eigenvalue weighted by atomic mass is 16.2. The molecule has 108 valence electrons. The molecule has 4 heteroatoms. The van der Waals surface area contributed by atoms with Gasteiger partial charge in [0.2, 0.25) is 5.91 Å². The Bertz CT molecular complexity index is 364. The molecule has 19 heavy (non-hydrogen) atoms. The van der Waals surface area contributed by atoms with Gasteiger partial charge in [0.05, 0.1) is 11.7 Å². The number of amides is 1. The van der Waals surface area contributed by atoms with Gasteiger partial charge < -0.3 is 9.80 Å². The fraction of sp³-hybridized carbons (Fsp3) is 0.933. The molecule has 1 aliphatic carbocycles. The van der Waals surface area contributed by atoms with E-state index < -0.39 is 0 Å². The molecule has 1 saturated carbocycles. The van der Waals surface area contributed by atoms with E-state index in [0.29, 0.717) is 17.7 Å². The molecule has 2 saturated heterocycles. The minimum Gasteiger partial charge on any atom is -0.325 e. The van der Waals surface area contributed by atoms with Gasteiger partial charge in [-0.25, -0.2) is 0 Å². The summed E-state index contributed by atoms with van der Waals surface area (Å²) in [6.07, 6.45) is 3.58. The van der Waals surface area contributed by atoms with Crippen LogP contribution in [0.2, 0.25) is 0 Å². The molecule has 0 aromatic carbocycles. The largest absolute Gasteiger partial charge is 0.325 e. The molecule has 1 N–H and O–H groups in total. The van der Waals surface area contributed by atoms with Crippen LogP contribution >= 0.6 is 0 Å². The monoisotopic (exact) mass is 265 g/mol. The molecule has 2 heterocycles. The molecular formula is C15H27N3O. The first kappa shape index (κ1) is 13.4. The molecule has 4 nitrogen and oxygen atoms in total. The molecule has 3 aliphatic rings. The summed E-state index contributed by atoms with van der Waals surface area (Å²) >= 11 is 0. The lowest BCUT2D eigenvalue weighted by Gasteiger charge is -2.29. The molecule has 1 amide bonds. The van der Waals surface area contributed by atoms with E-state index in [4.69, 9.17) is 0 Å². The van der Waals surface area contributed by atoms with Crippen LogP contribution in [-0.4, -0.2) is 53.6 Å². The number of carbonyl (C=O) groups excluding carboxylic acids is 1. The Morgan fingerprint density at radius 1 is 1.42 bits per heavy atom. The first-order chi connectivity index (χ1) is 9.05. The SMILES string of the molecule is CCN1CCC(CN2C(=O)C3(CC3)NC2C(C)C)C1. The van der Waals surface area contributed by atoms with Crippen molar-refractivity contribution in [2.24, 2.45) is 11.8 Å². The van der Waals surface area contributed by atoms with Gasteiger partial charge in [0.25, 0.3) is 0 Å². The maximum absolute atomic E-state index is 12.6. The molecule has 0 bridgehead atoms. The van der Waals surface area contributed by atoms with Crippen molar-refractivity contribution in [3.63, 3.8) is 0 Å². The third-order valence-electron chi connectivity index (χ3n) is 5.08. The lowest BCUT2D eigenvalue weighted by Crippen LogP contribution is -2.44. The van der Waals surface area contributed by atoms with E-state index >= 15 is 0 Å². The number of nitrogens with zero attached hydrogens (tertiary/aromatic N) is 2. The Kier molecular flexibility index (Phi) is 3.34. The fourth-order valence-electron chi connectivity index (χ4n) is 3.66. The maximum atomic E-state index is 12.6. The van der Waals surface area contributed by atoms with Gasteiger partial charge in [0, 0.05) is 13.1 Å². The number of hydrogen-bond donors (Lipinski definition) is 1. The number of rotatable bonds is 4. The predicted octanol–water partition coefficient (Wildman–Crippen LogP) is 1.27. The minimum atomic E-state index is -0.155. The summed E-state index contributed by atoms with van der Waals surface area (Å²) in [5.74, 6) is 1.54. The van der Waals surface area contributed by atoms with Gasteiger partial charge in [0.1, 0.15) is 0 Å². The second-order valence-electron chi connectivity index (χ2n) is 6.92. The topological polar surface area (TPSA) is 35.6 Å². The lowest BCUT2D eigenvalue weighted by molar-refractivity contribution is -0.131. The number of likely N-dealkylation sites (tertiary alicyclic amines) is 1. The van der Waals surface area contributed by atoms with Crippen molar-refractivity contribution in [2.45, 2.75) is 51.7 Å². The van der Waals surface area contributed by atoms with Crippen molar-refractivity contribution >= 4 is 5.91 Å². The quantitative estimate of drug-likeness (QED) is 0.831. The predicted molar refractivity (Wildman–Crippen MR) is 75.7 cm³/mol. The lowest BCUT2D eigenvalue weighted by atomic mass is 10.1. The van der Waals surface area contributed by atoms with Crippen molar-refractivity contribution in [1.29, 1.82) is 0 Å². The van der Waals surface area contributed by atoms with Gasteiger partial charge in [-0.15, -0.1) is 0 Å². The number of hydrogen-bond acceptors (Lipinski definition) is 3. The van der Waals surface area contributed by atoms with Crippen molar-refractivity contribution in [3.05, 3.63) is 0 Å². The van der Waals surface area contributed by atoms with Gasteiger partial charge in [-0.2, -0.15) is 0 Å². The van der Waals surface area contributed by atoms with E-state index in [2.05, 4.69) is 35.9 Å². The van der Waals surface area contributed by atoms with Crippen molar-refractivity contribution in [2.75, 3.05) is 26.2 Å². The first-order valence-electron chi connectivity index (χ1n) is 7.87. The van der Waals surface area contributed by atoms with Crippen LogP contribution in [0.3, 0.4) is 0 Å². The smallest absolute Gasteiger partial charge is 0.244 e. The second-order valence-corrected chi connectivity index (χ2v) is 6.92. The summed E-state index contributed by atoms with van der Waals surface area (Å²) < 4.78 is 0. The molecule has 0 aromatic rings. The van der Waals surface area contributed by atoms with Crippen LogP contribution in [-0.2, 0) is 4.79 Å². The van der Waals surface area contributed by atoms with Crippen molar-refractivity contribution in [3.8, 4) is 0 Å². The zero-order valence-electron chi connectivity index (χ0n) is 12.5. The van der Waals surface area contributed by atoms with Gasteiger partial charge >= 0.3 is 0 Å². The van der Waals surface area contributed by atoms with E-state index in [9.17, 15) is 4.79 Å². The van der Waals surface area contributed by atoms with Crippen molar-refractivity contribution in [1.82, 2.24) is 15.1 Å². The zero-order chi connectivity index (χ0) is 13.6. The van der Waals surface area contributed by atoms with E-state index in [1.54, 1.807) is 0 Å². The average Bonchev–Trinajstić information content (AvgIpc) is 2.94. The van der Waals surface area contributed by atoms with Gasteiger partial charge in [-0.3, -0.25) is 10.1 Å². The first-order valence-corrected chi connectivity index (χ1v) is 7.87. The van der Waals surface area contributed by atoms with Crippen LogP contribution in [0, 0.1) is 11.8 Å². The van der Waals surface area contributed by atoms with E-state index in [1.807, 2.05) is 0 Å². The van der Waals surface area contributed by atoms with Gasteiger partial charge in [-0.1, -0.05) is 20.8 Å². The van der Waals surface area contributed by atoms with Crippen LogP contribution < -0.4 is 5.32 Å².